The van der Waals surface area contributed by atoms with Gasteiger partial charge in [0, 0.05) is 30.4 Å². The van der Waals surface area contributed by atoms with Crippen LogP contribution in [0.1, 0.15) is 41.3 Å². The second kappa shape index (κ2) is 9.97. The van der Waals surface area contributed by atoms with Crippen molar-refractivity contribution in [2.24, 2.45) is 0 Å². The Balaban J connectivity index is 1.81. The van der Waals surface area contributed by atoms with E-state index >= 15 is 0 Å². The lowest BCUT2D eigenvalue weighted by atomic mass is 10.0. The highest BCUT2D eigenvalue weighted by atomic mass is 32.2. The number of nitrogens with zero attached hydrogens (tertiary/aromatic N) is 1. The largest absolute Gasteiger partial charge is 0.496 e. The summed E-state index contributed by atoms with van der Waals surface area (Å²) in [6.45, 7) is 4.29. The summed E-state index contributed by atoms with van der Waals surface area (Å²) in [5, 5.41) is 2.89. The molecule has 32 heavy (non-hydrogen) atoms. The molecule has 0 aromatic heterocycles. The summed E-state index contributed by atoms with van der Waals surface area (Å²) in [6.07, 6.45) is 0. The van der Waals surface area contributed by atoms with Crippen molar-refractivity contribution in [3.63, 3.8) is 0 Å². The zero-order chi connectivity index (χ0) is 23.3. The quantitative estimate of drug-likeness (QED) is 0.528. The summed E-state index contributed by atoms with van der Waals surface area (Å²) in [7, 11) is -0.659. The van der Waals surface area contributed by atoms with E-state index in [0.29, 0.717) is 28.5 Å². The van der Waals surface area contributed by atoms with Crippen LogP contribution in [0.5, 0.6) is 5.75 Å². The molecule has 1 amide bonds. The van der Waals surface area contributed by atoms with Crippen LogP contribution in [0.15, 0.2) is 77.7 Å². The molecule has 3 aromatic rings. The van der Waals surface area contributed by atoms with E-state index in [2.05, 4.69) is 19.2 Å². The first-order chi connectivity index (χ1) is 15.2. The van der Waals surface area contributed by atoms with Crippen LogP contribution in [0, 0.1) is 0 Å². The molecule has 3 aromatic carbocycles. The minimum atomic E-state index is -3.68. The van der Waals surface area contributed by atoms with Crippen molar-refractivity contribution >= 4 is 21.6 Å². The van der Waals surface area contributed by atoms with Crippen molar-refractivity contribution in [2.45, 2.75) is 31.2 Å². The average molecular weight is 453 g/mol. The normalized spacial score (nSPS) is 11.6. The molecule has 0 saturated carbocycles. The van der Waals surface area contributed by atoms with Crippen molar-refractivity contribution in [1.82, 2.24) is 4.31 Å². The fraction of sp³-hybridized carbons (Fsp3) is 0.240. The van der Waals surface area contributed by atoms with Crippen molar-refractivity contribution in [3.05, 3.63) is 89.5 Å². The number of rotatable bonds is 8. The van der Waals surface area contributed by atoms with E-state index in [4.69, 9.17) is 4.74 Å². The summed E-state index contributed by atoms with van der Waals surface area (Å²) >= 11 is 0. The summed E-state index contributed by atoms with van der Waals surface area (Å²) in [5.41, 5.74) is 2.90. The Morgan fingerprint density at radius 3 is 2.25 bits per heavy atom. The third-order valence-electron chi connectivity index (χ3n) is 5.22. The van der Waals surface area contributed by atoms with Gasteiger partial charge in [0.05, 0.1) is 12.0 Å². The molecule has 0 atom stereocenters. The maximum Gasteiger partial charge on any atom is 0.255 e. The molecule has 1 N–H and O–H groups in total. The molecule has 168 valence electrons. The molecule has 6 nitrogen and oxygen atoms in total. The van der Waals surface area contributed by atoms with Gasteiger partial charge < -0.3 is 10.1 Å². The first-order valence-electron chi connectivity index (χ1n) is 10.3. The van der Waals surface area contributed by atoms with Gasteiger partial charge in [0.25, 0.3) is 5.91 Å². The molecule has 0 aliphatic rings. The molecular weight excluding hydrogens is 424 g/mol. The van der Waals surface area contributed by atoms with Gasteiger partial charge in [-0.15, -0.1) is 0 Å². The smallest absolute Gasteiger partial charge is 0.255 e. The lowest BCUT2D eigenvalue weighted by molar-refractivity contribution is 0.102. The van der Waals surface area contributed by atoms with E-state index in [-0.39, 0.29) is 17.3 Å². The van der Waals surface area contributed by atoms with Gasteiger partial charge in [0.2, 0.25) is 10.0 Å². The Morgan fingerprint density at radius 1 is 1.00 bits per heavy atom. The van der Waals surface area contributed by atoms with Crippen molar-refractivity contribution in [1.29, 1.82) is 0 Å². The molecule has 0 spiro atoms. The minimum absolute atomic E-state index is 0.0601. The van der Waals surface area contributed by atoms with Crippen LogP contribution in [-0.4, -0.2) is 32.8 Å². The molecule has 0 saturated heterocycles. The number of hydrogen-bond donors (Lipinski definition) is 1. The van der Waals surface area contributed by atoms with Gasteiger partial charge in [-0.2, -0.15) is 4.31 Å². The highest BCUT2D eigenvalue weighted by Crippen LogP contribution is 2.25. The molecule has 0 bridgehead atoms. The molecule has 0 fully saturated rings. The van der Waals surface area contributed by atoms with Gasteiger partial charge in [-0.3, -0.25) is 4.79 Å². The fourth-order valence-corrected chi connectivity index (χ4v) is 4.47. The highest BCUT2D eigenvalue weighted by molar-refractivity contribution is 7.89. The Hall–Kier alpha value is -3.16. The number of ether oxygens (including phenoxy) is 1. The van der Waals surface area contributed by atoms with Gasteiger partial charge in [-0.1, -0.05) is 44.2 Å². The van der Waals surface area contributed by atoms with Crippen LogP contribution >= 0.6 is 0 Å². The van der Waals surface area contributed by atoms with Gasteiger partial charge >= 0.3 is 0 Å². The molecule has 3 rings (SSSR count). The molecule has 0 aliphatic carbocycles. The maximum absolute atomic E-state index is 12.9. The van der Waals surface area contributed by atoms with E-state index in [0.717, 1.165) is 0 Å². The number of nitrogens with one attached hydrogen (secondary N) is 1. The second-order valence-electron chi connectivity index (χ2n) is 7.83. The standard InChI is InChI=1S/C25H28N2O4S/c1-18(2)19-10-13-22(14-11-19)26-25(28)20-12-15-24(31-4)21(16-20)17-27(3)32(29,30)23-8-6-5-7-9-23/h5-16,18H,17H2,1-4H3,(H,26,28). The molecular formula is C25H28N2O4S. The summed E-state index contributed by atoms with van der Waals surface area (Å²) in [4.78, 5) is 13.0. The Labute approximate surface area is 189 Å². The van der Waals surface area contributed by atoms with Crippen LogP contribution in [0.4, 0.5) is 5.69 Å². The van der Waals surface area contributed by atoms with Crippen LogP contribution < -0.4 is 10.1 Å². The Bertz CT molecular complexity index is 1170. The topological polar surface area (TPSA) is 75.7 Å². The summed E-state index contributed by atoms with van der Waals surface area (Å²) in [6, 6.07) is 21.0. The van der Waals surface area contributed by atoms with Crippen LogP contribution in [0.25, 0.3) is 0 Å². The number of hydrogen-bond acceptors (Lipinski definition) is 4. The number of methoxy groups -OCH3 is 1. The maximum atomic E-state index is 12.9. The minimum Gasteiger partial charge on any atom is -0.496 e. The highest BCUT2D eigenvalue weighted by Gasteiger charge is 2.22. The lowest BCUT2D eigenvalue weighted by Crippen LogP contribution is -2.27. The second-order valence-corrected chi connectivity index (χ2v) is 9.88. The number of sulfonamides is 1. The number of amides is 1. The number of anilines is 1. The lowest BCUT2D eigenvalue weighted by Gasteiger charge is -2.19. The van der Waals surface area contributed by atoms with E-state index < -0.39 is 10.0 Å². The monoisotopic (exact) mass is 452 g/mol. The predicted octanol–water partition coefficient (Wildman–Crippen LogP) is 4.89. The SMILES string of the molecule is COc1ccc(C(=O)Nc2ccc(C(C)C)cc2)cc1CN(C)S(=O)(=O)c1ccccc1. The van der Waals surface area contributed by atoms with E-state index in [9.17, 15) is 13.2 Å². The predicted molar refractivity (Wildman–Crippen MR) is 127 cm³/mol. The fourth-order valence-electron chi connectivity index (χ4n) is 3.30. The first-order valence-corrected chi connectivity index (χ1v) is 11.8. The van der Waals surface area contributed by atoms with Crippen LogP contribution in [0.3, 0.4) is 0 Å². The zero-order valence-corrected chi connectivity index (χ0v) is 19.5. The molecule has 7 heteroatoms. The van der Waals surface area contributed by atoms with Gasteiger partial charge in [0.1, 0.15) is 5.75 Å². The number of carbonyl (C=O) groups is 1. The van der Waals surface area contributed by atoms with Gasteiger partial charge in [-0.05, 0) is 53.9 Å². The molecule has 0 aliphatic heterocycles. The zero-order valence-electron chi connectivity index (χ0n) is 18.7. The summed E-state index contributed by atoms with van der Waals surface area (Å²) in [5.74, 6) is 0.644. The molecule has 0 radical (unpaired) electrons. The number of carbonyl (C=O) groups excluding carboxylic acids is 1. The van der Waals surface area contributed by atoms with Gasteiger partial charge in [0.15, 0.2) is 0 Å². The van der Waals surface area contributed by atoms with E-state index in [1.165, 1.54) is 24.0 Å². The first kappa shape index (κ1) is 23.5. The third-order valence-corrected chi connectivity index (χ3v) is 7.04. The Kier molecular flexibility index (Phi) is 7.33. The number of benzene rings is 3. The molecule has 0 heterocycles. The van der Waals surface area contributed by atoms with Crippen molar-refractivity contribution < 1.29 is 17.9 Å². The third kappa shape index (κ3) is 5.36. The van der Waals surface area contributed by atoms with Gasteiger partial charge in [-0.25, -0.2) is 8.42 Å². The van der Waals surface area contributed by atoms with Crippen LogP contribution in [0.2, 0.25) is 0 Å². The van der Waals surface area contributed by atoms with E-state index in [1.807, 2.05) is 24.3 Å². The average Bonchev–Trinajstić information content (AvgIpc) is 2.79. The van der Waals surface area contributed by atoms with Crippen molar-refractivity contribution in [3.8, 4) is 5.75 Å². The molecule has 0 unspecified atom stereocenters. The van der Waals surface area contributed by atoms with Crippen molar-refractivity contribution in [2.75, 3.05) is 19.5 Å². The van der Waals surface area contributed by atoms with E-state index in [1.54, 1.807) is 48.5 Å². The Morgan fingerprint density at radius 2 is 1.66 bits per heavy atom. The summed E-state index contributed by atoms with van der Waals surface area (Å²) < 4.78 is 32.4. The van der Waals surface area contributed by atoms with Crippen LogP contribution in [-0.2, 0) is 16.6 Å².